The summed E-state index contributed by atoms with van der Waals surface area (Å²) >= 11 is 15.2. The molecule has 2 aromatic heterocycles. The molecule has 0 unspecified atom stereocenters. The molecule has 6 aromatic rings. The van der Waals surface area contributed by atoms with Crippen molar-refractivity contribution in [3.8, 4) is 22.8 Å². The largest absolute Gasteiger partial charge is 0.378 e. The lowest BCUT2D eigenvalue weighted by atomic mass is 10.1. The van der Waals surface area contributed by atoms with Crippen molar-refractivity contribution in [2.75, 3.05) is 40.6 Å². The van der Waals surface area contributed by atoms with Crippen LogP contribution in [0.25, 0.3) is 22.8 Å². The fourth-order valence-corrected chi connectivity index (χ4v) is 8.40. The van der Waals surface area contributed by atoms with Gasteiger partial charge in [0.25, 0.3) is 20.0 Å². The molecule has 0 atom stereocenters. The Balaban J connectivity index is 0.000000196. The molecule has 2 N–H and O–H groups in total. The van der Waals surface area contributed by atoms with Crippen LogP contribution in [0.4, 0.5) is 25.8 Å². The van der Waals surface area contributed by atoms with Gasteiger partial charge in [-0.05, 0) is 103 Å². The van der Waals surface area contributed by atoms with Crippen LogP contribution in [0.3, 0.4) is 0 Å². The minimum atomic E-state index is -4.07. The van der Waals surface area contributed by atoms with Crippen LogP contribution in [0.1, 0.15) is 11.6 Å². The molecule has 0 radical (unpaired) electrons. The Labute approximate surface area is 346 Å². The SMILES string of the molecule is Cc1nnc(-c2cc(Cl)ccc2NS(=O)(=O)c2ccc(Br)c(F)c2)n1C.Cc1nnc(-c2cc(Cl)ccc2NS(=O)(=O)c2ccc(N3CCOCC3)c(F)c2)n1C. The predicted molar refractivity (Wildman–Crippen MR) is 218 cm³/mol. The van der Waals surface area contributed by atoms with Gasteiger partial charge in [-0.15, -0.1) is 20.4 Å². The maximum atomic E-state index is 14.7. The van der Waals surface area contributed by atoms with Gasteiger partial charge in [0.15, 0.2) is 11.6 Å². The van der Waals surface area contributed by atoms with Gasteiger partial charge in [-0.3, -0.25) is 9.44 Å². The molecule has 1 saturated heterocycles. The number of benzene rings is 4. The summed E-state index contributed by atoms with van der Waals surface area (Å²) < 4.78 is 93.7. The van der Waals surface area contributed by atoms with E-state index < -0.39 is 31.7 Å². The minimum Gasteiger partial charge on any atom is -0.378 e. The monoisotopic (exact) mass is 923 g/mol. The summed E-state index contributed by atoms with van der Waals surface area (Å²) in [5.41, 5.74) is 1.79. The molecule has 3 heterocycles. The molecular formula is C36H34BrCl2F2N9O5S2. The van der Waals surface area contributed by atoms with E-state index in [2.05, 4.69) is 45.8 Å². The van der Waals surface area contributed by atoms with Gasteiger partial charge in [0.05, 0.1) is 44.5 Å². The fraction of sp³-hybridized carbons (Fsp3) is 0.222. The summed E-state index contributed by atoms with van der Waals surface area (Å²) in [5, 5.41) is 17.0. The van der Waals surface area contributed by atoms with E-state index in [1.54, 1.807) is 61.3 Å². The molecule has 4 aromatic carbocycles. The number of morpholine rings is 1. The molecule has 1 aliphatic heterocycles. The van der Waals surface area contributed by atoms with Crippen molar-refractivity contribution < 1.29 is 30.4 Å². The standard InChI is InChI=1S/C20H21ClFN5O3S.C16H13BrClFN4O2S/c1-13-23-24-20(26(13)2)16-11-14(21)3-5-18(16)25-31(28,29)15-4-6-19(17(22)12-15)27-7-9-30-10-8-27;1-9-20-21-16(23(9)2)12-7-10(18)3-6-15(12)22-26(24,25)11-4-5-13(17)14(19)8-11/h3-6,11-12,25H,7-10H2,1-2H3;3-8,22H,1-2H3. The summed E-state index contributed by atoms with van der Waals surface area (Å²) in [5.74, 6) is 0.933. The lowest BCUT2D eigenvalue weighted by Gasteiger charge is -2.29. The average molecular weight is 926 g/mol. The van der Waals surface area contributed by atoms with Crippen molar-refractivity contribution >= 4 is 76.2 Å². The van der Waals surface area contributed by atoms with E-state index in [0.29, 0.717) is 76.5 Å². The average Bonchev–Trinajstić information content (AvgIpc) is 3.69. The zero-order chi connectivity index (χ0) is 41.2. The molecule has 57 heavy (non-hydrogen) atoms. The first kappa shape index (κ1) is 42.0. The third-order valence-electron chi connectivity index (χ3n) is 8.90. The van der Waals surface area contributed by atoms with Gasteiger partial charge in [-0.2, -0.15) is 0 Å². The summed E-state index contributed by atoms with van der Waals surface area (Å²) in [6.45, 7) is 5.65. The van der Waals surface area contributed by atoms with Crippen LogP contribution in [0, 0.1) is 25.5 Å². The van der Waals surface area contributed by atoms with Crippen LogP contribution >= 0.6 is 39.1 Å². The highest BCUT2D eigenvalue weighted by atomic mass is 79.9. The number of nitrogens with one attached hydrogen (secondary N) is 2. The molecule has 0 aliphatic carbocycles. The minimum absolute atomic E-state index is 0.179. The second kappa shape index (κ2) is 17.1. The number of hydrogen-bond donors (Lipinski definition) is 2. The van der Waals surface area contributed by atoms with Gasteiger partial charge in [0, 0.05) is 48.4 Å². The summed E-state index contributed by atoms with van der Waals surface area (Å²) in [6, 6.07) is 16.8. The van der Waals surface area contributed by atoms with Crippen LogP contribution < -0.4 is 14.3 Å². The van der Waals surface area contributed by atoms with Crippen molar-refractivity contribution in [1.82, 2.24) is 29.5 Å². The Kier molecular flexibility index (Phi) is 12.6. The number of rotatable bonds is 9. The maximum Gasteiger partial charge on any atom is 0.262 e. The van der Waals surface area contributed by atoms with E-state index in [1.807, 2.05) is 4.90 Å². The fourth-order valence-electron chi connectivity index (χ4n) is 5.63. The quantitative estimate of drug-likeness (QED) is 0.150. The van der Waals surface area contributed by atoms with Crippen molar-refractivity contribution in [2.24, 2.45) is 14.1 Å². The second-order valence-electron chi connectivity index (χ2n) is 12.6. The van der Waals surface area contributed by atoms with Crippen LogP contribution in [0.15, 0.2) is 87.1 Å². The Morgan fingerprint density at radius 3 is 1.54 bits per heavy atom. The van der Waals surface area contributed by atoms with E-state index >= 15 is 0 Å². The Morgan fingerprint density at radius 2 is 1.12 bits per heavy atom. The van der Waals surface area contributed by atoms with Crippen LogP contribution in [-0.4, -0.2) is 72.7 Å². The molecule has 0 bridgehead atoms. The molecule has 21 heteroatoms. The van der Waals surface area contributed by atoms with E-state index in [0.717, 1.165) is 12.1 Å². The molecule has 7 rings (SSSR count). The van der Waals surface area contributed by atoms with Gasteiger partial charge in [0.2, 0.25) is 0 Å². The molecule has 0 spiro atoms. The first-order valence-corrected chi connectivity index (χ1v) is 21.4. The van der Waals surface area contributed by atoms with Crippen molar-refractivity contribution in [1.29, 1.82) is 0 Å². The molecule has 0 amide bonds. The van der Waals surface area contributed by atoms with Gasteiger partial charge < -0.3 is 18.8 Å². The van der Waals surface area contributed by atoms with Crippen molar-refractivity contribution in [3.05, 3.63) is 111 Å². The Bertz CT molecular complexity index is 2690. The van der Waals surface area contributed by atoms with Crippen LogP contribution in [0.2, 0.25) is 10.0 Å². The number of anilines is 3. The van der Waals surface area contributed by atoms with E-state index in [-0.39, 0.29) is 25.6 Å². The van der Waals surface area contributed by atoms with E-state index in [4.69, 9.17) is 27.9 Å². The van der Waals surface area contributed by atoms with Crippen LogP contribution in [-0.2, 0) is 38.9 Å². The van der Waals surface area contributed by atoms with E-state index in [9.17, 15) is 25.6 Å². The van der Waals surface area contributed by atoms with Crippen LogP contribution in [0.5, 0.6) is 0 Å². The Morgan fingerprint density at radius 1 is 0.667 bits per heavy atom. The summed E-state index contributed by atoms with van der Waals surface area (Å²) in [6.07, 6.45) is 0. The third-order valence-corrected chi connectivity index (χ3v) is 12.7. The first-order valence-electron chi connectivity index (χ1n) is 16.9. The number of ether oxygens (including phenoxy) is 1. The lowest BCUT2D eigenvalue weighted by Crippen LogP contribution is -2.36. The number of halogens is 5. The van der Waals surface area contributed by atoms with Gasteiger partial charge in [-0.1, -0.05) is 23.2 Å². The van der Waals surface area contributed by atoms with Gasteiger partial charge in [0.1, 0.15) is 23.3 Å². The number of nitrogens with zero attached hydrogens (tertiary/aromatic N) is 7. The smallest absolute Gasteiger partial charge is 0.262 e. The lowest BCUT2D eigenvalue weighted by molar-refractivity contribution is 0.122. The highest BCUT2D eigenvalue weighted by Crippen LogP contribution is 2.34. The number of hydrogen-bond acceptors (Lipinski definition) is 10. The van der Waals surface area contributed by atoms with Gasteiger partial charge in [-0.25, -0.2) is 25.6 Å². The van der Waals surface area contributed by atoms with E-state index in [1.165, 1.54) is 36.4 Å². The highest BCUT2D eigenvalue weighted by molar-refractivity contribution is 9.10. The number of aryl methyl sites for hydroxylation is 2. The van der Waals surface area contributed by atoms with Crippen molar-refractivity contribution in [3.63, 3.8) is 0 Å². The molecular weight excluding hydrogens is 891 g/mol. The third kappa shape index (κ3) is 9.39. The topological polar surface area (TPSA) is 166 Å². The molecule has 1 aliphatic rings. The normalized spacial score (nSPS) is 13.2. The second-order valence-corrected chi connectivity index (χ2v) is 17.7. The summed E-state index contributed by atoms with van der Waals surface area (Å²) in [7, 11) is -4.55. The zero-order valence-corrected chi connectivity index (χ0v) is 35.4. The Hall–Kier alpha value is -4.66. The number of sulfonamides is 2. The molecule has 1 fully saturated rings. The molecule has 0 saturated carbocycles. The van der Waals surface area contributed by atoms with Gasteiger partial charge >= 0.3 is 0 Å². The zero-order valence-electron chi connectivity index (χ0n) is 30.6. The van der Waals surface area contributed by atoms with Crippen molar-refractivity contribution in [2.45, 2.75) is 23.6 Å². The molecule has 300 valence electrons. The first-order chi connectivity index (χ1) is 26.9. The number of aromatic nitrogens is 6. The maximum absolute atomic E-state index is 14.7. The predicted octanol–water partition coefficient (Wildman–Crippen LogP) is 7.37. The highest BCUT2D eigenvalue weighted by Gasteiger charge is 2.24. The summed E-state index contributed by atoms with van der Waals surface area (Å²) in [4.78, 5) is 1.45. The molecule has 14 nitrogen and oxygen atoms in total.